The van der Waals surface area contributed by atoms with Gasteiger partial charge in [-0.25, -0.2) is 0 Å². The van der Waals surface area contributed by atoms with Crippen molar-refractivity contribution in [2.24, 2.45) is 0 Å². The van der Waals surface area contributed by atoms with Gasteiger partial charge in [-0.2, -0.15) is 0 Å². The molecule has 0 unspecified atom stereocenters. The minimum absolute atomic E-state index is 0.512. The molecule has 1 atom stereocenters. The van der Waals surface area contributed by atoms with Crippen LogP contribution in [0, 0.1) is 0 Å². The Labute approximate surface area is 137 Å². The molecule has 1 aliphatic rings. The van der Waals surface area contributed by atoms with Crippen LogP contribution in [0.2, 0.25) is 0 Å². The molecule has 0 spiro atoms. The first-order valence-electron chi connectivity index (χ1n) is 8.24. The maximum absolute atomic E-state index is 4.21. The van der Waals surface area contributed by atoms with Gasteiger partial charge in [-0.3, -0.25) is 9.88 Å². The van der Waals surface area contributed by atoms with Gasteiger partial charge < -0.3 is 5.32 Å². The second kappa shape index (κ2) is 6.39. The van der Waals surface area contributed by atoms with Gasteiger partial charge in [0.25, 0.3) is 0 Å². The predicted octanol–water partition coefficient (Wildman–Crippen LogP) is 3.92. The van der Waals surface area contributed by atoms with Crippen molar-refractivity contribution in [3.8, 4) is 0 Å². The van der Waals surface area contributed by atoms with Gasteiger partial charge >= 0.3 is 0 Å². The molecule has 0 radical (unpaired) electrons. The van der Waals surface area contributed by atoms with Crippen LogP contribution < -0.4 is 5.32 Å². The zero-order valence-corrected chi connectivity index (χ0v) is 13.2. The molecule has 4 rings (SSSR count). The number of fused-ring (bicyclic) bond motifs is 1. The quantitative estimate of drug-likeness (QED) is 0.792. The van der Waals surface area contributed by atoms with Crippen LogP contribution in [0.1, 0.15) is 12.0 Å². The van der Waals surface area contributed by atoms with Crippen LogP contribution in [0.5, 0.6) is 0 Å². The van der Waals surface area contributed by atoms with Crippen molar-refractivity contribution in [1.29, 1.82) is 0 Å². The number of anilines is 1. The highest BCUT2D eigenvalue weighted by atomic mass is 15.2. The van der Waals surface area contributed by atoms with E-state index in [1.807, 2.05) is 12.4 Å². The van der Waals surface area contributed by atoms with Gasteiger partial charge in [-0.1, -0.05) is 42.5 Å². The molecule has 1 aromatic heterocycles. The van der Waals surface area contributed by atoms with Crippen molar-refractivity contribution < 1.29 is 0 Å². The van der Waals surface area contributed by atoms with Gasteiger partial charge in [0.2, 0.25) is 0 Å². The van der Waals surface area contributed by atoms with Gasteiger partial charge in [0.1, 0.15) is 0 Å². The summed E-state index contributed by atoms with van der Waals surface area (Å²) in [7, 11) is 0. The lowest BCUT2D eigenvalue weighted by Crippen LogP contribution is -2.26. The second-order valence-electron chi connectivity index (χ2n) is 6.25. The summed E-state index contributed by atoms with van der Waals surface area (Å²) in [5.74, 6) is 0. The van der Waals surface area contributed by atoms with E-state index in [0.717, 1.165) is 19.6 Å². The third-order valence-electron chi connectivity index (χ3n) is 4.56. The topological polar surface area (TPSA) is 28.2 Å². The minimum atomic E-state index is 0.512. The van der Waals surface area contributed by atoms with Gasteiger partial charge in [0.05, 0.1) is 0 Å². The molecule has 3 aromatic rings. The number of pyridine rings is 1. The number of hydrogen-bond donors (Lipinski definition) is 1. The molecule has 23 heavy (non-hydrogen) atoms. The van der Waals surface area contributed by atoms with Crippen molar-refractivity contribution in [3.05, 3.63) is 72.6 Å². The van der Waals surface area contributed by atoms with Crippen molar-refractivity contribution >= 4 is 16.5 Å². The molecule has 1 fully saturated rings. The molecule has 1 saturated heterocycles. The zero-order valence-electron chi connectivity index (χ0n) is 13.2. The highest BCUT2D eigenvalue weighted by molar-refractivity contribution is 5.93. The third kappa shape index (κ3) is 3.20. The summed E-state index contributed by atoms with van der Waals surface area (Å²) in [6, 6.07) is 19.7. The molecule has 0 aliphatic carbocycles. The summed E-state index contributed by atoms with van der Waals surface area (Å²) in [6.07, 6.45) is 4.98. The van der Waals surface area contributed by atoms with E-state index in [2.05, 4.69) is 69.8 Å². The molecule has 1 N–H and O–H groups in total. The van der Waals surface area contributed by atoms with Crippen molar-refractivity contribution in [2.45, 2.75) is 19.0 Å². The van der Waals surface area contributed by atoms with E-state index in [-0.39, 0.29) is 0 Å². The maximum Gasteiger partial charge on any atom is 0.0423 e. The fourth-order valence-electron chi connectivity index (χ4n) is 3.40. The van der Waals surface area contributed by atoms with Gasteiger partial charge in [0.15, 0.2) is 0 Å². The molecule has 116 valence electrons. The molecular formula is C20H21N3. The summed E-state index contributed by atoms with van der Waals surface area (Å²) in [4.78, 5) is 6.74. The lowest BCUT2D eigenvalue weighted by atomic mass is 10.1. The van der Waals surface area contributed by atoms with E-state index in [0.29, 0.717) is 6.04 Å². The summed E-state index contributed by atoms with van der Waals surface area (Å²) < 4.78 is 0. The summed E-state index contributed by atoms with van der Waals surface area (Å²) >= 11 is 0. The van der Waals surface area contributed by atoms with E-state index in [4.69, 9.17) is 0 Å². The Kier molecular flexibility index (Phi) is 3.95. The Bertz CT molecular complexity index is 780. The lowest BCUT2D eigenvalue weighted by molar-refractivity contribution is 0.328. The van der Waals surface area contributed by atoms with Crippen LogP contribution in [-0.2, 0) is 6.54 Å². The number of hydrogen-bond acceptors (Lipinski definition) is 3. The Hall–Kier alpha value is -2.39. The molecule has 3 heteroatoms. The van der Waals surface area contributed by atoms with Crippen molar-refractivity contribution in [3.63, 3.8) is 0 Å². The molecule has 2 heterocycles. The monoisotopic (exact) mass is 303 g/mol. The van der Waals surface area contributed by atoms with Crippen LogP contribution in [0.3, 0.4) is 0 Å². The van der Waals surface area contributed by atoms with E-state index in [1.165, 1.54) is 28.4 Å². The predicted molar refractivity (Wildman–Crippen MR) is 95.5 cm³/mol. The fraction of sp³-hybridized carbons (Fsp3) is 0.250. The SMILES string of the molecule is c1ccc(CN2CC[C@@H](Nc3cccc4cnccc34)C2)cc1. The minimum Gasteiger partial charge on any atom is -0.380 e. The largest absolute Gasteiger partial charge is 0.380 e. The Morgan fingerprint density at radius 2 is 1.96 bits per heavy atom. The number of aromatic nitrogens is 1. The van der Waals surface area contributed by atoms with E-state index in [9.17, 15) is 0 Å². The van der Waals surface area contributed by atoms with Crippen LogP contribution >= 0.6 is 0 Å². The Morgan fingerprint density at radius 3 is 2.87 bits per heavy atom. The van der Waals surface area contributed by atoms with Crippen LogP contribution in [0.25, 0.3) is 10.8 Å². The van der Waals surface area contributed by atoms with Gasteiger partial charge in [0, 0.05) is 54.5 Å². The van der Waals surface area contributed by atoms with E-state index >= 15 is 0 Å². The Balaban J connectivity index is 1.44. The molecule has 0 amide bonds. The number of rotatable bonds is 4. The standard InChI is InChI=1S/C20H21N3/c1-2-5-16(6-3-1)14-23-12-10-18(15-23)22-20-8-4-7-17-13-21-11-9-19(17)20/h1-9,11,13,18,22H,10,12,14-15H2/t18-/m1/s1. The smallest absolute Gasteiger partial charge is 0.0423 e. The number of nitrogens with one attached hydrogen (secondary N) is 1. The van der Waals surface area contributed by atoms with Gasteiger partial charge in [-0.05, 0) is 24.1 Å². The molecular weight excluding hydrogens is 282 g/mol. The summed E-state index contributed by atoms with van der Waals surface area (Å²) in [6.45, 7) is 3.29. The number of likely N-dealkylation sites (tertiary alicyclic amines) is 1. The fourth-order valence-corrected chi connectivity index (χ4v) is 3.40. The van der Waals surface area contributed by atoms with Crippen molar-refractivity contribution in [2.75, 3.05) is 18.4 Å². The molecule has 2 aromatic carbocycles. The average Bonchev–Trinajstić information content (AvgIpc) is 3.03. The molecule has 3 nitrogen and oxygen atoms in total. The third-order valence-corrected chi connectivity index (χ3v) is 4.56. The van der Waals surface area contributed by atoms with E-state index in [1.54, 1.807) is 0 Å². The Morgan fingerprint density at radius 1 is 1.04 bits per heavy atom. The average molecular weight is 303 g/mol. The molecule has 1 aliphatic heterocycles. The van der Waals surface area contributed by atoms with Crippen molar-refractivity contribution in [1.82, 2.24) is 9.88 Å². The first-order chi connectivity index (χ1) is 11.4. The summed E-state index contributed by atoms with van der Waals surface area (Å²) in [5, 5.41) is 6.18. The second-order valence-corrected chi connectivity index (χ2v) is 6.25. The number of nitrogens with zero attached hydrogens (tertiary/aromatic N) is 2. The van der Waals surface area contributed by atoms with Gasteiger partial charge in [-0.15, -0.1) is 0 Å². The normalized spacial score (nSPS) is 18.3. The first kappa shape index (κ1) is 14.2. The molecule has 0 bridgehead atoms. The lowest BCUT2D eigenvalue weighted by Gasteiger charge is -2.18. The maximum atomic E-state index is 4.21. The van der Waals surface area contributed by atoms with E-state index < -0.39 is 0 Å². The zero-order chi connectivity index (χ0) is 15.5. The first-order valence-corrected chi connectivity index (χ1v) is 8.24. The molecule has 0 saturated carbocycles. The highest BCUT2D eigenvalue weighted by Gasteiger charge is 2.22. The highest BCUT2D eigenvalue weighted by Crippen LogP contribution is 2.25. The summed E-state index contributed by atoms with van der Waals surface area (Å²) in [5.41, 5.74) is 2.61. The van der Waals surface area contributed by atoms with Crippen LogP contribution in [0.4, 0.5) is 5.69 Å². The number of benzene rings is 2. The van der Waals surface area contributed by atoms with Crippen LogP contribution in [0.15, 0.2) is 67.0 Å². The van der Waals surface area contributed by atoms with Crippen LogP contribution in [-0.4, -0.2) is 29.0 Å².